The Labute approximate surface area is 154 Å². The number of hydrogen-bond acceptors (Lipinski definition) is 5. The fraction of sp³-hybridized carbons (Fsp3) is 0.500. The third-order valence-electron chi connectivity index (χ3n) is 5.31. The van der Waals surface area contributed by atoms with E-state index in [0.29, 0.717) is 5.69 Å². The van der Waals surface area contributed by atoms with Gasteiger partial charge in [0.1, 0.15) is 11.6 Å². The molecule has 2 saturated heterocycles. The van der Waals surface area contributed by atoms with Crippen LogP contribution in [0.4, 0.5) is 21.8 Å². The average molecular weight is 355 g/mol. The van der Waals surface area contributed by atoms with Crippen molar-refractivity contribution in [3.05, 3.63) is 42.3 Å². The highest BCUT2D eigenvalue weighted by molar-refractivity contribution is 5.51. The first-order chi connectivity index (χ1) is 12.8. The van der Waals surface area contributed by atoms with E-state index in [1.807, 2.05) is 24.4 Å². The van der Waals surface area contributed by atoms with Crippen LogP contribution in [0.25, 0.3) is 0 Å². The van der Waals surface area contributed by atoms with Crippen LogP contribution < -0.4 is 14.7 Å². The summed E-state index contributed by atoms with van der Waals surface area (Å²) < 4.78 is 14.0. The standard InChI is InChI=1S/C20H26FN5/c21-17-7-3-4-8-18(17)24-13-15-25(16-14-24)19-9-10-22-20(23-19)26-11-5-1-2-6-12-26/h3-4,7-10H,1-2,5-6,11-16H2. The average Bonchev–Trinajstić information content (AvgIpc) is 2.98. The summed E-state index contributed by atoms with van der Waals surface area (Å²) in [4.78, 5) is 16.0. The topological polar surface area (TPSA) is 35.5 Å². The first kappa shape index (κ1) is 17.1. The van der Waals surface area contributed by atoms with Gasteiger partial charge in [0, 0.05) is 45.5 Å². The van der Waals surface area contributed by atoms with E-state index >= 15 is 0 Å². The largest absolute Gasteiger partial charge is 0.366 e. The maximum atomic E-state index is 14.0. The van der Waals surface area contributed by atoms with E-state index in [4.69, 9.17) is 4.98 Å². The van der Waals surface area contributed by atoms with Gasteiger partial charge in [-0.25, -0.2) is 9.37 Å². The van der Waals surface area contributed by atoms with Gasteiger partial charge in [0.15, 0.2) is 0 Å². The van der Waals surface area contributed by atoms with Crippen LogP contribution in [0, 0.1) is 5.82 Å². The zero-order valence-corrected chi connectivity index (χ0v) is 15.1. The Kier molecular flexibility index (Phi) is 5.18. The van der Waals surface area contributed by atoms with Gasteiger partial charge in [-0.1, -0.05) is 25.0 Å². The molecule has 6 heteroatoms. The molecule has 0 unspecified atom stereocenters. The fourth-order valence-electron chi connectivity index (χ4n) is 3.82. The molecule has 0 N–H and O–H groups in total. The molecule has 0 saturated carbocycles. The summed E-state index contributed by atoms with van der Waals surface area (Å²) in [5, 5.41) is 0. The third kappa shape index (κ3) is 3.74. The van der Waals surface area contributed by atoms with Gasteiger partial charge in [0.2, 0.25) is 5.95 Å². The van der Waals surface area contributed by atoms with Gasteiger partial charge in [-0.15, -0.1) is 0 Å². The fourth-order valence-corrected chi connectivity index (χ4v) is 3.82. The predicted octanol–water partition coefficient (Wildman–Crippen LogP) is 3.32. The zero-order valence-electron chi connectivity index (χ0n) is 15.1. The number of nitrogens with zero attached hydrogens (tertiary/aromatic N) is 5. The minimum Gasteiger partial charge on any atom is -0.366 e. The molecule has 2 fully saturated rings. The lowest BCUT2D eigenvalue weighted by atomic mass is 10.2. The van der Waals surface area contributed by atoms with Crippen LogP contribution in [0.2, 0.25) is 0 Å². The van der Waals surface area contributed by atoms with E-state index in [9.17, 15) is 4.39 Å². The van der Waals surface area contributed by atoms with Crippen LogP contribution in [0.5, 0.6) is 0 Å². The van der Waals surface area contributed by atoms with Gasteiger partial charge >= 0.3 is 0 Å². The Morgan fingerprint density at radius 1 is 0.731 bits per heavy atom. The highest BCUT2D eigenvalue weighted by atomic mass is 19.1. The van der Waals surface area contributed by atoms with Crippen molar-refractivity contribution in [2.45, 2.75) is 25.7 Å². The second-order valence-electron chi connectivity index (χ2n) is 7.04. The highest BCUT2D eigenvalue weighted by Crippen LogP contribution is 2.23. The number of anilines is 3. The first-order valence-electron chi connectivity index (χ1n) is 9.64. The van der Waals surface area contributed by atoms with Crippen LogP contribution in [-0.2, 0) is 0 Å². The molecular weight excluding hydrogens is 329 g/mol. The van der Waals surface area contributed by atoms with Crippen LogP contribution in [-0.4, -0.2) is 49.2 Å². The SMILES string of the molecule is Fc1ccccc1N1CCN(c2ccnc(N3CCCCCC3)n2)CC1. The number of hydrogen-bond donors (Lipinski definition) is 0. The Morgan fingerprint density at radius 2 is 1.42 bits per heavy atom. The second kappa shape index (κ2) is 7.89. The molecule has 0 atom stereocenters. The molecule has 138 valence electrons. The van der Waals surface area contributed by atoms with Crippen molar-refractivity contribution in [1.82, 2.24) is 9.97 Å². The van der Waals surface area contributed by atoms with E-state index in [2.05, 4.69) is 19.7 Å². The number of benzene rings is 1. The van der Waals surface area contributed by atoms with E-state index in [1.54, 1.807) is 6.07 Å². The first-order valence-corrected chi connectivity index (χ1v) is 9.64. The Balaban J connectivity index is 1.43. The van der Waals surface area contributed by atoms with Crippen LogP contribution in [0.3, 0.4) is 0 Å². The summed E-state index contributed by atoms with van der Waals surface area (Å²) in [6.45, 7) is 5.36. The molecule has 0 amide bonds. The van der Waals surface area contributed by atoms with Crippen molar-refractivity contribution in [2.75, 3.05) is 54.0 Å². The molecule has 0 bridgehead atoms. The van der Waals surface area contributed by atoms with E-state index in [-0.39, 0.29) is 5.82 Å². The molecule has 3 heterocycles. The van der Waals surface area contributed by atoms with Crippen molar-refractivity contribution in [1.29, 1.82) is 0 Å². The lowest BCUT2D eigenvalue weighted by Crippen LogP contribution is -2.47. The van der Waals surface area contributed by atoms with Crippen molar-refractivity contribution < 1.29 is 4.39 Å². The number of rotatable bonds is 3. The molecule has 2 aliphatic rings. The summed E-state index contributed by atoms with van der Waals surface area (Å²) in [7, 11) is 0. The Bertz CT molecular complexity index is 722. The quantitative estimate of drug-likeness (QED) is 0.844. The summed E-state index contributed by atoms with van der Waals surface area (Å²) in [6, 6.07) is 9.00. The predicted molar refractivity (Wildman–Crippen MR) is 104 cm³/mol. The third-order valence-corrected chi connectivity index (χ3v) is 5.31. The van der Waals surface area contributed by atoms with Crippen molar-refractivity contribution >= 4 is 17.5 Å². The van der Waals surface area contributed by atoms with Gasteiger partial charge in [-0.2, -0.15) is 4.98 Å². The van der Waals surface area contributed by atoms with Crippen LogP contribution in [0.1, 0.15) is 25.7 Å². The molecule has 1 aromatic carbocycles. The maximum Gasteiger partial charge on any atom is 0.227 e. The number of para-hydroxylation sites is 1. The monoisotopic (exact) mass is 355 g/mol. The molecular formula is C20H26FN5. The smallest absolute Gasteiger partial charge is 0.227 e. The van der Waals surface area contributed by atoms with Gasteiger partial charge in [-0.05, 0) is 31.0 Å². The molecule has 0 radical (unpaired) electrons. The number of aromatic nitrogens is 2. The van der Waals surface area contributed by atoms with Crippen molar-refractivity contribution in [3.63, 3.8) is 0 Å². The lowest BCUT2D eigenvalue weighted by molar-refractivity contribution is 0.596. The van der Waals surface area contributed by atoms with Crippen LogP contribution in [0.15, 0.2) is 36.5 Å². The van der Waals surface area contributed by atoms with Gasteiger partial charge in [-0.3, -0.25) is 0 Å². The Morgan fingerprint density at radius 3 is 2.15 bits per heavy atom. The molecule has 2 aromatic rings. The minimum atomic E-state index is -0.147. The maximum absolute atomic E-state index is 14.0. The van der Waals surface area contributed by atoms with E-state index in [1.165, 1.54) is 31.7 Å². The molecule has 26 heavy (non-hydrogen) atoms. The molecule has 2 aliphatic heterocycles. The summed E-state index contributed by atoms with van der Waals surface area (Å²) >= 11 is 0. The van der Waals surface area contributed by atoms with Gasteiger partial charge in [0.25, 0.3) is 0 Å². The number of halogens is 1. The molecule has 0 spiro atoms. The highest BCUT2D eigenvalue weighted by Gasteiger charge is 2.21. The molecule has 5 nitrogen and oxygen atoms in total. The Hall–Kier alpha value is -2.37. The summed E-state index contributed by atoms with van der Waals surface area (Å²) in [6.07, 6.45) is 6.90. The minimum absolute atomic E-state index is 0.147. The number of piperazine rings is 1. The van der Waals surface area contributed by atoms with Crippen molar-refractivity contribution in [2.24, 2.45) is 0 Å². The van der Waals surface area contributed by atoms with Crippen molar-refractivity contribution in [3.8, 4) is 0 Å². The van der Waals surface area contributed by atoms with E-state index < -0.39 is 0 Å². The molecule has 4 rings (SSSR count). The molecule has 0 aliphatic carbocycles. The zero-order chi connectivity index (χ0) is 17.8. The molecule has 1 aromatic heterocycles. The van der Waals surface area contributed by atoms with Gasteiger partial charge in [0.05, 0.1) is 5.69 Å². The normalized spacial score (nSPS) is 18.7. The van der Waals surface area contributed by atoms with E-state index in [0.717, 1.165) is 51.0 Å². The summed E-state index contributed by atoms with van der Waals surface area (Å²) in [5.74, 6) is 1.68. The summed E-state index contributed by atoms with van der Waals surface area (Å²) in [5.41, 5.74) is 0.695. The lowest BCUT2D eigenvalue weighted by Gasteiger charge is -2.37. The van der Waals surface area contributed by atoms with Crippen LogP contribution >= 0.6 is 0 Å². The van der Waals surface area contributed by atoms with Gasteiger partial charge < -0.3 is 14.7 Å². The second-order valence-corrected chi connectivity index (χ2v) is 7.04.